The number of nitrogens with one attached hydrogen (secondary N) is 1. The standard InChI is InChI=1S/C42H42N6O6S2/c1-53-40(52)38-36(13-6-20-54-31-16-14-27(15-17-31)7-4-8-28-21-48(22-28)30-23-46(24-30)26-37(49)50)56-42(44-38)47-19-18-29-9-5-10-32(33(29)25-47)39(51)45-41-43-34-11-2-3-12-35(34)55-41/h2-3,5,9-12,14-17,28,30H,6,8,13,18-26H2,1H3,(H,49,50)(H,43,45,51). The molecule has 3 aromatic carbocycles. The van der Waals surface area contributed by atoms with Crippen molar-refractivity contribution in [2.45, 2.75) is 38.3 Å². The third-order valence-electron chi connectivity index (χ3n) is 10.5. The first-order chi connectivity index (χ1) is 27.3. The number of fused-ring (bicyclic) bond motifs is 2. The van der Waals surface area contributed by atoms with E-state index in [1.165, 1.54) is 29.8 Å². The minimum absolute atomic E-state index is 0.129. The minimum atomic E-state index is -0.764. The zero-order valence-electron chi connectivity index (χ0n) is 31.0. The Kier molecular flexibility index (Phi) is 11.3. The molecule has 12 nitrogen and oxygen atoms in total. The van der Waals surface area contributed by atoms with E-state index in [4.69, 9.17) is 19.6 Å². The van der Waals surface area contributed by atoms with Gasteiger partial charge in [-0.05, 0) is 78.8 Å². The van der Waals surface area contributed by atoms with Gasteiger partial charge in [0, 0.05) is 67.7 Å². The Hall–Kier alpha value is -5.33. The number of hydrogen-bond donors (Lipinski definition) is 2. The lowest BCUT2D eigenvalue weighted by atomic mass is 9.92. The van der Waals surface area contributed by atoms with Gasteiger partial charge in [0.2, 0.25) is 0 Å². The third-order valence-corrected chi connectivity index (χ3v) is 12.6. The predicted molar refractivity (Wildman–Crippen MR) is 217 cm³/mol. The molecule has 0 radical (unpaired) electrons. The van der Waals surface area contributed by atoms with Crippen molar-refractivity contribution in [3.63, 3.8) is 0 Å². The van der Waals surface area contributed by atoms with Crippen molar-refractivity contribution >= 4 is 61.0 Å². The van der Waals surface area contributed by atoms with Crippen molar-refractivity contribution < 1.29 is 29.0 Å². The quantitative estimate of drug-likeness (QED) is 0.0850. The van der Waals surface area contributed by atoms with E-state index < -0.39 is 11.9 Å². The number of carboxylic acid groups (broad SMARTS) is 1. The Morgan fingerprint density at radius 2 is 1.80 bits per heavy atom. The van der Waals surface area contributed by atoms with Crippen LogP contribution in [-0.2, 0) is 28.9 Å². The molecule has 2 saturated heterocycles. The van der Waals surface area contributed by atoms with Gasteiger partial charge in [0.05, 0.1) is 30.5 Å². The first kappa shape index (κ1) is 37.6. The molecule has 1 amide bonds. The number of thiazole rings is 2. The zero-order valence-corrected chi connectivity index (χ0v) is 32.7. The summed E-state index contributed by atoms with van der Waals surface area (Å²) in [6.07, 6.45) is 2.88. The lowest BCUT2D eigenvalue weighted by molar-refractivity contribution is -0.141. The van der Waals surface area contributed by atoms with Gasteiger partial charge in [-0.1, -0.05) is 47.4 Å². The molecule has 0 aliphatic carbocycles. The van der Waals surface area contributed by atoms with Gasteiger partial charge < -0.3 is 19.5 Å². The van der Waals surface area contributed by atoms with Crippen LogP contribution in [0.2, 0.25) is 0 Å². The monoisotopic (exact) mass is 790 g/mol. The van der Waals surface area contributed by atoms with E-state index in [9.17, 15) is 14.4 Å². The number of carboxylic acids is 1. The zero-order chi connectivity index (χ0) is 38.6. The van der Waals surface area contributed by atoms with Gasteiger partial charge in [0.25, 0.3) is 5.91 Å². The Labute approximate surface area is 333 Å². The van der Waals surface area contributed by atoms with E-state index in [1.807, 2.05) is 65.6 Å². The van der Waals surface area contributed by atoms with Gasteiger partial charge in [-0.25, -0.2) is 14.8 Å². The highest BCUT2D eigenvalue weighted by atomic mass is 32.1. The van der Waals surface area contributed by atoms with Crippen LogP contribution in [0.15, 0.2) is 66.7 Å². The fourth-order valence-corrected chi connectivity index (χ4v) is 9.41. The summed E-state index contributed by atoms with van der Waals surface area (Å²) in [5, 5.41) is 13.2. The van der Waals surface area contributed by atoms with E-state index in [1.54, 1.807) is 0 Å². The molecule has 3 aliphatic heterocycles. The number of aliphatic carboxylic acids is 1. The molecule has 2 N–H and O–H groups in total. The fraction of sp³-hybridized carbons (Fsp3) is 0.357. The topological polar surface area (TPSA) is 137 Å². The number of esters is 1. The van der Waals surface area contributed by atoms with Gasteiger partial charge >= 0.3 is 11.9 Å². The molecule has 5 heterocycles. The number of carbonyl (C=O) groups excluding carboxylic acids is 2. The largest absolute Gasteiger partial charge is 0.494 e. The summed E-state index contributed by atoms with van der Waals surface area (Å²) in [6.45, 7) is 5.53. The molecule has 5 aromatic rings. The molecule has 0 spiro atoms. The van der Waals surface area contributed by atoms with Gasteiger partial charge in [-0.2, -0.15) is 0 Å². The van der Waals surface area contributed by atoms with Crippen LogP contribution in [0, 0.1) is 17.8 Å². The average Bonchev–Trinajstić information content (AvgIpc) is 3.79. The lowest BCUT2D eigenvalue weighted by Crippen LogP contribution is -2.65. The highest BCUT2D eigenvalue weighted by molar-refractivity contribution is 7.22. The Morgan fingerprint density at radius 3 is 2.59 bits per heavy atom. The van der Waals surface area contributed by atoms with Crippen molar-refractivity contribution in [1.82, 2.24) is 19.8 Å². The van der Waals surface area contributed by atoms with Crippen molar-refractivity contribution in [2.75, 3.05) is 63.2 Å². The first-order valence-electron chi connectivity index (χ1n) is 18.8. The number of amides is 1. The van der Waals surface area contributed by atoms with Crippen LogP contribution in [0.25, 0.3) is 10.2 Å². The summed E-state index contributed by atoms with van der Waals surface area (Å²) < 4.78 is 12.2. The van der Waals surface area contributed by atoms with Crippen LogP contribution < -0.4 is 15.0 Å². The number of likely N-dealkylation sites (tertiary alicyclic amines) is 2. The summed E-state index contributed by atoms with van der Waals surface area (Å²) >= 11 is 2.93. The van der Waals surface area contributed by atoms with Crippen LogP contribution in [0.4, 0.5) is 10.3 Å². The number of rotatable bonds is 13. The molecule has 2 aromatic heterocycles. The number of carbonyl (C=O) groups is 3. The number of nitrogens with zero attached hydrogens (tertiary/aromatic N) is 5. The van der Waals surface area contributed by atoms with Crippen molar-refractivity contribution in [3.8, 4) is 17.6 Å². The highest BCUT2D eigenvalue weighted by Gasteiger charge is 2.38. The normalized spacial score (nSPS) is 16.0. The highest BCUT2D eigenvalue weighted by Crippen LogP contribution is 2.34. The van der Waals surface area contributed by atoms with Crippen LogP contribution in [0.3, 0.4) is 0 Å². The summed E-state index contributed by atoms with van der Waals surface area (Å²) in [6, 6.07) is 21.9. The predicted octanol–water partition coefficient (Wildman–Crippen LogP) is 5.81. The van der Waals surface area contributed by atoms with Crippen LogP contribution in [0.5, 0.6) is 5.75 Å². The molecule has 288 valence electrons. The molecule has 0 saturated carbocycles. The van der Waals surface area contributed by atoms with E-state index >= 15 is 0 Å². The number of para-hydroxylation sites is 1. The molecule has 8 rings (SSSR count). The molecule has 3 aliphatic rings. The number of ether oxygens (including phenoxy) is 2. The van der Waals surface area contributed by atoms with Crippen LogP contribution >= 0.6 is 22.7 Å². The lowest BCUT2D eigenvalue weighted by Gasteiger charge is -2.51. The van der Waals surface area contributed by atoms with E-state index in [2.05, 4.69) is 38.0 Å². The second kappa shape index (κ2) is 16.8. The first-order valence-corrected chi connectivity index (χ1v) is 20.4. The smallest absolute Gasteiger partial charge is 0.357 e. The van der Waals surface area contributed by atoms with Crippen molar-refractivity contribution in [1.29, 1.82) is 0 Å². The molecule has 14 heteroatoms. The number of benzene rings is 3. The van der Waals surface area contributed by atoms with E-state index in [0.29, 0.717) is 60.9 Å². The maximum atomic E-state index is 13.5. The van der Waals surface area contributed by atoms with Crippen molar-refractivity contribution in [2.24, 2.45) is 5.92 Å². The van der Waals surface area contributed by atoms with Crippen LogP contribution in [-0.4, -0.2) is 102 Å². The molecule has 0 atom stereocenters. The number of aryl methyl sites for hydroxylation is 1. The number of aromatic nitrogens is 2. The number of hydrogen-bond acceptors (Lipinski definition) is 12. The molecule has 2 fully saturated rings. The van der Waals surface area contributed by atoms with Crippen LogP contribution in [0.1, 0.15) is 55.3 Å². The molecule has 56 heavy (non-hydrogen) atoms. The minimum Gasteiger partial charge on any atom is -0.494 e. The Morgan fingerprint density at radius 1 is 0.982 bits per heavy atom. The Bertz CT molecular complexity index is 2270. The Balaban J connectivity index is 0.823. The summed E-state index contributed by atoms with van der Waals surface area (Å²) in [5.41, 5.74) is 4.79. The van der Waals surface area contributed by atoms with Gasteiger partial charge in [0.15, 0.2) is 16.0 Å². The number of methoxy groups -OCH3 is 1. The van der Waals surface area contributed by atoms with E-state index in [0.717, 1.165) is 81.7 Å². The molecule has 0 bridgehead atoms. The van der Waals surface area contributed by atoms with Gasteiger partial charge in [-0.3, -0.25) is 24.7 Å². The SMILES string of the molecule is COC(=O)c1nc(N2CCc3cccc(C(=O)Nc4nc5ccccc5s4)c3C2)sc1CCCOc1ccc(C#CCC2CN(C3CN(CC(=O)O)C3)C2)cc1. The van der Waals surface area contributed by atoms with Gasteiger partial charge in [-0.15, -0.1) is 11.3 Å². The number of anilines is 2. The average molecular weight is 791 g/mol. The second-order valence-electron chi connectivity index (χ2n) is 14.4. The van der Waals surface area contributed by atoms with Gasteiger partial charge in [0.1, 0.15) is 5.75 Å². The van der Waals surface area contributed by atoms with E-state index in [-0.39, 0.29) is 12.5 Å². The maximum absolute atomic E-state index is 13.5. The summed E-state index contributed by atoms with van der Waals surface area (Å²) in [5.74, 6) is 6.48. The van der Waals surface area contributed by atoms with Crippen molar-refractivity contribution in [3.05, 3.63) is 99.6 Å². The third kappa shape index (κ3) is 8.56. The summed E-state index contributed by atoms with van der Waals surface area (Å²) in [7, 11) is 1.37. The molecular weight excluding hydrogens is 749 g/mol. The summed E-state index contributed by atoms with van der Waals surface area (Å²) in [4.78, 5) is 53.9. The fourth-order valence-electron chi connectivity index (χ4n) is 7.43. The molecular formula is C42H42N6O6S2. The second-order valence-corrected chi connectivity index (χ2v) is 16.5. The molecule has 0 unspecified atom stereocenters. The maximum Gasteiger partial charge on any atom is 0.357 e.